The summed E-state index contributed by atoms with van der Waals surface area (Å²) < 4.78 is 10.8. The molecule has 0 saturated carbocycles. The molecule has 3 N–H and O–H groups in total. The fourth-order valence-electron chi connectivity index (χ4n) is 2.82. The summed E-state index contributed by atoms with van der Waals surface area (Å²) in [4.78, 5) is 4.73. The van der Waals surface area contributed by atoms with Gasteiger partial charge < -0.3 is 24.9 Å². The number of guanidine groups is 1. The zero-order valence-electron chi connectivity index (χ0n) is 17.8. The molecule has 0 spiro atoms. The topological polar surface area (TPSA) is 79.0 Å². The molecule has 0 aliphatic carbocycles. The summed E-state index contributed by atoms with van der Waals surface area (Å²) in [5.41, 5.74) is -0.0865. The first-order valence-electron chi connectivity index (χ1n) is 9.64. The largest absolute Gasteiger partial charge is 0.497 e. The molecular weight excluding hydrogens is 354 g/mol. The highest BCUT2D eigenvalue weighted by Gasteiger charge is 2.27. The number of aliphatic imine (C=N–C) groups is 1. The van der Waals surface area contributed by atoms with Crippen molar-refractivity contribution in [1.29, 1.82) is 0 Å². The summed E-state index contributed by atoms with van der Waals surface area (Å²) in [6.07, 6.45) is 0. The van der Waals surface area contributed by atoms with Gasteiger partial charge in [-0.15, -0.1) is 0 Å². The maximum absolute atomic E-state index is 10.7. The fraction of sp³-hybridized carbons (Fsp3) is 0.500. The van der Waals surface area contributed by atoms with Gasteiger partial charge in [-0.1, -0.05) is 26.0 Å². The van der Waals surface area contributed by atoms with E-state index in [1.807, 2.05) is 32.0 Å². The quantitative estimate of drug-likeness (QED) is 0.478. The van der Waals surface area contributed by atoms with Gasteiger partial charge in [-0.2, -0.15) is 0 Å². The first kappa shape index (κ1) is 21.8. The third kappa shape index (κ3) is 5.76. The van der Waals surface area contributed by atoms with Crippen molar-refractivity contribution in [3.63, 3.8) is 0 Å². The van der Waals surface area contributed by atoms with Crippen molar-refractivity contribution in [2.75, 3.05) is 26.7 Å². The van der Waals surface area contributed by atoms with E-state index < -0.39 is 5.60 Å². The van der Waals surface area contributed by atoms with Gasteiger partial charge >= 0.3 is 0 Å². The van der Waals surface area contributed by atoms with Crippen molar-refractivity contribution in [1.82, 2.24) is 10.6 Å². The molecule has 0 aliphatic heterocycles. The van der Waals surface area contributed by atoms with Crippen LogP contribution >= 0.6 is 0 Å². The summed E-state index contributed by atoms with van der Waals surface area (Å²) in [6, 6.07) is 11.7. The highest BCUT2D eigenvalue weighted by atomic mass is 16.5. The molecule has 1 unspecified atom stereocenters. The second kappa shape index (κ2) is 9.15. The van der Waals surface area contributed by atoms with Gasteiger partial charge in [0, 0.05) is 12.0 Å². The number of ether oxygens (including phenoxy) is 1. The van der Waals surface area contributed by atoms with Gasteiger partial charge in [0.15, 0.2) is 5.96 Å². The monoisotopic (exact) mass is 387 g/mol. The molecule has 1 aromatic carbocycles. The van der Waals surface area contributed by atoms with Crippen molar-refractivity contribution in [3.05, 3.63) is 53.5 Å². The predicted octanol–water partition coefficient (Wildman–Crippen LogP) is 3.34. The van der Waals surface area contributed by atoms with Gasteiger partial charge in [-0.25, -0.2) is 0 Å². The maximum Gasteiger partial charge on any atom is 0.191 e. The van der Waals surface area contributed by atoms with E-state index in [-0.39, 0.29) is 12.0 Å². The normalized spacial score (nSPS) is 14.5. The molecule has 0 aliphatic rings. The van der Waals surface area contributed by atoms with E-state index in [1.165, 1.54) is 5.56 Å². The van der Waals surface area contributed by atoms with Crippen LogP contribution in [0.4, 0.5) is 0 Å². The number of nitrogens with one attached hydrogen (secondary N) is 2. The third-order valence-electron chi connectivity index (χ3n) is 4.72. The van der Waals surface area contributed by atoms with Crippen LogP contribution in [0.25, 0.3) is 0 Å². The van der Waals surface area contributed by atoms with Crippen LogP contribution in [0.3, 0.4) is 0 Å². The number of rotatable bonds is 8. The van der Waals surface area contributed by atoms with E-state index >= 15 is 0 Å². The van der Waals surface area contributed by atoms with Crippen molar-refractivity contribution < 1.29 is 14.3 Å². The Balaban J connectivity index is 2.06. The standard InChI is InChI=1S/C22H33N3O3/c1-7-23-20(25-15-22(5,26)19-13-8-16(2)28-19)24-14-21(3,4)17-9-11-18(27-6)12-10-17/h8-13,26H,7,14-15H2,1-6H3,(H2,23,24,25). The van der Waals surface area contributed by atoms with E-state index in [9.17, 15) is 5.11 Å². The van der Waals surface area contributed by atoms with E-state index in [4.69, 9.17) is 14.1 Å². The number of benzene rings is 1. The summed E-state index contributed by atoms with van der Waals surface area (Å²) in [5.74, 6) is 2.81. The molecule has 1 aromatic heterocycles. The first-order chi connectivity index (χ1) is 13.2. The van der Waals surface area contributed by atoms with Gasteiger partial charge in [-0.3, -0.25) is 4.99 Å². The van der Waals surface area contributed by atoms with Gasteiger partial charge in [-0.05, 0) is 50.6 Å². The summed E-state index contributed by atoms with van der Waals surface area (Å²) in [6.45, 7) is 11.5. The van der Waals surface area contributed by atoms with E-state index in [2.05, 4.69) is 36.6 Å². The molecule has 2 rings (SSSR count). The fourth-order valence-corrected chi connectivity index (χ4v) is 2.82. The molecule has 2 aromatic rings. The van der Waals surface area contributed by atoms with E-state index in [0.29, 0.717) is 18.3 Å². The average Bonchev–Trinajstić information content (AvgIpc) is 3.11. The zero-order valence-corrected chi connectivity index (χ0v) is 17.8. The second-order valence-electron chi connectivity index (χ2n) is 7.85. The Morgan fingerprint density at radius 3 is 2.32 bits per heavy atom. The van der Waals surface area contributed by atoms with Crippen molar-refractivity contribution >= 4 is 5.96 Å². The summed E-state index contributed by atoms with van der Waals surface area (Å²) in [5, 5.41) is 17.2. The molecule has 0 amide bonds. The average molecular weight is 388 g/mol. The number of nitrogens with zero attached hydrogens (tertiary/aromatic N) is 1. The number of methoxy groups -OCH3 is 1. The van der Waals surface area contributed by atoms with Gasteiger partial charge in [0.1, 0.15) is 22.9 Å². The summed E-state index contributed by atoms with van der Waals surface area (Å²) in [7, 11) is 1.66. The third-order valence-corrected chi connectivity index (χ3v) is 4.72. The SMILES string of the molecule is CCNC(=NCC(C)(C)c1ccc(OC)cc1)NCC(C)(O)c1ccc(C)o1. The van der Waals surface area contributed by atoms with Gasteiger partial charge in [0.25, 0.3) is 0 Å². The van der Waals surface area contributed by atoms with Crippen LogP contribution in [-0.2, 0) is 11.0 Å². The molecule has 0 bridgehead atoms. The molecule has 1 heterocycles. The molecular formula is C22H33N3O3. The maximum atomic E-state index is 10.7. The number of hydrogen-bond acceptors (Lipinski definition) is 4. The molecule has 0 saturated heterocycles. The van der Waals surface area contributed by atoms with Gasteiger partial charge in [0.2, 0.25) is 0 Å². The number of furan rings is 1. The Kier molecular flexibility index (Phi) is 7.13. The Bertz CT molecular complexity index is 777. The lowest BCUT2D eigenvalue weighted by Gasteiger charge is -2.25. The number of aryl methyl sites for hydroxylation is 1. The molecule has 0 radical (unpaired) electrons. The Morgan fingerprint density at radius 1 is 1.11 bits per heavy atom. The Hall–Kier alpha value is -2.47. The summed E-state index contributed by atoms with van der Waals surface area (Å²) >= 11 is 0. The van der Waals surface area contributed by atoms with Crippen LogP contribution in [0, 0.1) is 6.92 Å². The van der Waals surface area contributed by atoms with Crippen molar-refractivity contribution in [2.24, 2.45) is 4.99 Å². The van der Waals surface area contributed by atoms with Crippen LogP contribution in [0.1, 0.15) is 44.8 Å². The highest BCUT2D eigenvalue weighted by molar-refractivity contribution is 5.79. The molecule has 6 nitrogen and oxygen atoms in total. The van der Waals surface area contributed by atoms with Crippen molar-refractivity contribution in [3.8, 4) is 5.75 Å². The number of hydrogen-bond donors (Lipinski definition) is 3. The smallest absolute Gasteiger partial charge is 0.191 e. The van der Waals surface area contributed by atoms with Crippen LogP contribution in [0.5, 0.6) is 5.75 Å². The lowest BCUT2D eigenvalue weighted by Crippen LogP contribution is -2.45. The molecule has 154 valence electrons. The first-order valence-corrected chi connectivity index (χ1v) is 9.64. The highest BCUT2D eigenvalue weighted by Crippen LogP contribution is 2.26. The molecule has 28 heavy (non-hydrogen) atoms. The lowest BCUT2D eigenvalue weighted by atomic mass is 9.85. The zero-order chi connectivity index (χ0) is 20.8. The van der Waals surface area contributed by atoms with Crippen LogP contribution in [0.2, 0.25) is 0 Å². The van der Waals surface area contributed by atoms with Gasteiger partial charge in [0.05, 0.1) is 20.2 Å². The number of aliphatic hydroxyl groups is 1. The van der Waals surface area contributed by atoms with Crippen molar-refractivity contribution in [2.45, 2.75) is 45.6 Å². The Labute approximate surface area is 168 Å². The van der Waals surface area contributed by atoms with Crippen LogP contribution in [0.15, 0.2) is 45.8 Å². The minimum absolute atomic E-state index is 0.144. The van der Waals surface area contributed by atoms with Crippen LogP contribution in [-0.4, -0.2) is 37.8 Å². The minimum atomic E-state index is -1.13. The second-order valence-corrected chi connectivity index (χ2v) is 7.85. The minimum Gasteiger partial charge on any atom is -0.497 e. The predicted molar refractivity (Wildman–Crippen MR) is 113 cm³/mol. The molecule has 0 fully saturated rings. The lowest BCUT2D eigenvalue weighted by molar-refractivity contribution is 0.0378. The van der Waals surface area contributed by atoms with Crippen LogP contribution < -0.4 is 15.4 Å². The Morgan fingerprint density at radius 2 is 1.79 bits per heavy atom. The molecule has 6 heteroatoms. The van der Waals surface area contributed by atoms with E-state index in [0.717, 1.165) is 18.1 Å². The van der Waals surface area contributed by atoms with E-state index in [1.54, 1.807) is 20.1 Å². The molecule has 1 atom stereocenters.